The number of hydrazone groups is 1. The van der Waals surface area contributed by atoms with Crippen LogP contribution in [0.5, 0.6) is 5.88 Å². The first kappa shape index (κ1) is 17.1. The first-order chi connectivity index (χ1) is 12.4. The summed E-state index contributed by atoms with van der Waals surface area (Å²) in [7, 11) is 0. The van der Waals surface area contributed by atoms with E-state index in [2.05, 4.69) is 22.1 Å². The lowest BCUT2D eigenvalue weighted by molar-refractivity contribution is -0.384. The summed E-state index contributed by atoms with van der Waals surface area (Å²) in [5.74, 6) is -0.483. The maximum atomic E-state index is 12.1. The minimum Gasteiger partial charge on any atom is -0.494 e. The molecule has 26 heavy (non-hydrogen) atoms. The lowest BCUT2D eigenvalue weighted by Crippen LogP contribution is -2.33. The molecule has 134 valence electrons. The Kier molecular flexibility index (Phi) is 4.40. The van der Waals surface area contributed by atoms with E-state index in [1.807, 2.05) is 0 Å². The van der Waals surface area contributed by atoms with Crippen LogP contribution in [-0.4, -0.2) is 25.3 Å². The first-order valence-electron chi connectivity index (χ1n) is 7.66. The number of nitrogens with zero attached hydrogens (tertiary/aromatic N) is 3. The van der Waals surface area contributed by atoms with Gasteiger partial charge in [0.25, 0.3) is 11.2 Å². The van der Waals surface area contributed by atoms with Gasteiger partial charge in [-0.1, -0.05) is 18.2 Å². The predicted octanol–water partition coefficient (Wildman–Crippen LogP) is 0.775. The summed E-state index contributed by atoms with van der Waals surface area (Å²) in [5, 5.41) is 25.1. The SMILES string of the molecule is C=CCn1c(O)c(C2=NN[C@H](c3ccc([N+](=O)[O-])cc3)C2)c(=O)[nH]c1=O. The third kappa shape index (κ3) is 2.99. The molecule has 1 aliphatic heterocycles. The van der Waals surface area contributed by atoms with Crippen molar-refractivity contribution in [3.63, 3.8) is 0 Å². The number of nitro groups is 1. The van der Waals surface area contributed by atoms with Crippen molar-refractivity contribution in [2.45, 2.75) is 19.0 Å². The van der Waals surface area contributed by atoms with Crippen molar-refractivity contribution in [2.75, 3.05) is 0 Å². The van der Waals surface area contributed by atoms with Crippen LogP contribution in [-0.2, 0) is 6.54 Å². The molecule has 3 N–H and O–H groups in total. The van der Waals surface area contributed by atoms with E-state index >= 15 is 0 Å². The van der Waals surface area contributed by atoms with E-state index in [1.165, 1.54) is 18.2 Å². The van der Waals surface area contributed by atoms with Crippen LogP contribution < -0.4 is 16.7 Å². The summed E-state index contributed by atoms with van der Waals surface area (Å²) >= 11 is 0. The molecule has 0 amide bonds. The summed E-state index contributed by atoms with van der Waals surface area (Å²) in [6.45, 7) is 3.53. The number of nitrogens with one attached hydrogen (secondary N) is 2. The smallest absolute Gasteiger partial charge is 0.331 e. The highest BCUT2D eigenvalue weighted by molar-refractivity contribution is 6.03. The molecule has 10 heteroatoms. The number of hydrogen-bond acceptors (Lipinski definition) is 7. The zero-order valence-electron chi connectivity index (χ0n) is 13.5. The van der Waals surface area contributed by atoms with Gasteiger partial charge in [0.15, 0.2) is 0 Å². The Balaban J connectivity index is 1.90. The van der Waals surface area contributed by atoms with Gasteiger partial charge in [0.05, 0.1) is 16.7 Å². The van der Waals surface area contributed by atoms with Crippen molar-refractivity contribution in [2.24, 2.45) is 5.10 Å². The van der Waals surface area contributed by atoms with E-state index in [0.717, 1.165) is 10.1 Å². The maximum Gasteiger partial charge on any atom is 0.331 e. The van der Waals surface area contributed by atoms with Gasteiger partial charge in [0.1, 0.15) is 5.56 Å². The molecule has 0 saturated carbocycles. The third-order valence-electron chi connectivity index (χ3n) is 4.03. The van der Waals surface area contributed by atoms with Crippen molar-refractivity contribution < 1.29 is 10.0 Å². The largest absolute Gasteiger partial charge is 0.494 e. The Labute approximate surface area is 146 Å². The van der Waals surface area contributed by atoms with Crippen LogP contribution in [0.2, 0.25) is 0 Å². The fourth-order valence-electron chi connectivity index (χ4n) is 2.74. The zero-order valence-corrected chi connectivity index (χ0v) is 13.5. The van der Waals surface area contributed by atoms with Crippen LogP contribution in [0, 0.1) is 10.1 Å². The Morgan fingerprint density at radius 1 is 1.38 bits per heavy atom. The highest BCUT2D eigenvalue weighted by atomic mass is 16.6. The molecule has 0 aliphatic carbocycles. The fourth-order valence-corrected chi connectivity index (χ4v) is 2.74. The lowest BCUT2D eigenvalue weighted by Gasteiger charge is -2.11. The zero-order chi connectivity index (χ0) is 18.8. The number of rotatable bonds is 5. The molecule has 1 aromatic heterocycles. The second-order valence-electron chi connectivity index (χ2n) is 5.65. The number of aromatic amines is 1. The number of H-pyrrole nitrogens is 1. The second-order valence-corrected chi connectivity index (χ2v) is 5.65. The molecule has 2 heterocycles. The van der Waals surface area contributed by atoms with Crippen molar-refractivity contribution in [1.82, 2.24) is 15.0 Å². The molecule has 0 unspecified atom stereocenters. The highest BCUT2D eigenvalue weighted by Crippen LogP contribution is 2.27. The minimum absolute atomic E-state index is 0.0287. The molecule has 0 fully saturated rings. The van der Waals surface area contributed by atoms with Gasteiger partial charge in [0.2, 0.25) is 5.88 Å². The predicted molar refractivity (Wildman–Crippen MR) is 93.3 cm³/mol. The van der Waals surface area contributed by atoms with Crippen LogP contribution in [0.4, 0.5) is 5.69 Å². The van der Waals surface area contributed by atoms with Gasteiger partial charge in [-0.2, -0.15) is 5.10 Å². The minimum atomic E-state index is -0.741. The molecule has 0 radical (unpaired) electrons. The van der Waals surface area contributed by atoms with E-state index in [4.69, 9.17) is 0 Å². The van der Waals surface area contributed by atoms with Crippen LogP contribution >= 0.6 is 0 Å². The second kappa shape index (κ2) is 6.67. The number of nitro benzene ring substituents is 1. The van der Waals surface area contributed by atoms with Gasteiger partial charge >= 0.3 is 5.69 Å². The summed E-state index contributed by atoms with van der Waals surface area (Å²) in [4.78, 5) is 36.3. The number of aromatic nitrogens is 2. The van der Waals surface area contributed by atoms with E-state index < -0.39 is 22.1 Å². The van der Waals surface area contributed by atoms with Crippen molar-refractivity contribution in [1.29, 1.82) is 0 Å². The van der Waals surface area contributed by atoms with Crippen LogP contribution in [0.25, 0.3) is 0 Å². The average molecular weight is 357 g/mol. The van der Waals surface area contributed by atoms with Crippen molar-refractivity contribution in [3.8, 4) is 5.88 Å². The first-order valence-corrected chi connectivity index (χ1v) is 7.66. The lowest BCUT2D eigenvalue weighted by atomic mass is 10.00. The van der Waals surface area contributed by atoms with E-state index in [-0.39, 0.29) is 36.0 Å². The van der Waals surface area contributed by atoms with Gasteiger partial charge in [-0.25, -0.2) is 4.79 Å². The number of non-ortho nitro benzene ring substituents is 1. The quantitative estimate of drug-likeness (QED) is 0.410. The van der Waals surface area contributed by atoms with Gasteiger partial charge in [-0.15, -0.1) is 6.58 Å². The number of allylic oxidation sites excluding steroid dienone is 1. The molecule has 1 aliphatic rings. The van der Waals surface area contributed by atoms with E-state index in [9.17, 15) is 24.8 Å². The molecule has 10 nitrogen and oxygen atoms in total. The Morgan fingerprint density at radius 2 is 2.08 bits per heavy atom. The fraction of sp³-hybridized carbons (Fsp3) is 0.188. The summed E-state index contributed by atoms with van der Waals surface area (Å²) < 4.78 is 0.978. The molecule has 0 spiro atoms. The summed E-state index contributed by atoms with van der Waals surface area (Å²) in [6.07, 6.45) is 1.68. The third-order valence-corrected chi connectivity index (χ3v) is 4.03. The normalized spacial score (nSPS) is 16.0. The molecule has 1 aromatic carbocycles. The molecule has 1 atom stereocenters. The topological polar surface area (TPSA) is 143 Å². The van der Waals surface area contributed by atoms with E-state index in [0.29, 0.717) is 0 Å². The van der Waals surface area contributed by atoms with Gasteiger partial charge in [-0.3, -0.25) is 24.5 Å². The number of aromatic hydroxyl groups is 1. The molecular weight excluding hydrogens is 342 g/mol. The molecule has 0 saturated heterocycles. The maximum absolute atomic E-state index is 12.1. The molecular formula is C16H15N5O5. The molecule has 3 rings (SSSR count). The van der Waals surface area contributed by atoms with Gasteiger partial charge in [0, 0.05) is 25.1 Å². The Morgan fingerprint density at radius 3 is 2.69 bits per heavy atom. The monoisotopic (exact) mass is 357 g/mol. The Bertz CT molecular complexity index is 1020. The summed E-state index contributed by atoms with van der Waals surface area (Å²) in [5.41, 5.74) is 2.26. The molecule has 2 aromatic rings. The average Bonchev–Trinajstić information content (AvgIpc) is 3.08. The van der Waals surface area contributed by atoms with Crippen LogP contribution in [0.1, 0.15) is 23.6 Å². The van der Waals surface area contributed by atoms with Gasteiger partial charge in [-0.05, 0) is 5.56 Å². The number of benzene rings is 1. The Hall–Kier alpha value is -3.69. The summed E-state index contributed by atoms with van der Waals surface area (Å²) in [6, 6.07) is 5.63. The van der Waals surface area contributed by atoms with Crippen LogP contribution in [0.3, 0.4) is 0 Å². The molecule has 0 bridgehead atoms. The highest BCUT2D eigenvalue weighted by Gasteiger charge is 2.27. The van der Waals surface area contributed by atoms with E-state index in [1.54, 1.807) is 12.1 Å². The van der Waals surface area contributed by atoms with Crippen molar-refractivity contribution >= 4 is 11.4 Å². The standard InChI is InChI=1S/C16H15N5O5/c1-2-7-20-15(23)13(14(22)17-16(20)24)12-8-11(18-19-12)9-3-5-10(6-4-9)21(25)26/h2-6,11,18,23H,1,7-8H2,(H,17,22,24)/t11-/m0/s1. The number of hydrogen-bond donors (Lipinski definition) is 3. The van der Waals surface area contributed by atoms with Crippen molar-refractivity contribution in [3.05, 3.63) is 79.0 Å². The van der Waals surface area contributed by atoms with Gasteiger partial charge < -0.3 is 10.5 Å². The van der Waals surface area contributed by atoms with Crippen LogP contribution in [0.15, 0.2) is 51.6 Å².